The standard InChI is InChI=1S/C14H14F3NO/c15-8-5-11(13(17)12(16)6-8)14(19)7-3-9-1-2-10(4-7)18-9/h5-7,9-10,18H,1-4H2. The average molecular weight is 269 g/mol. The van der Waals surface area contributed by atoms with Crippen molar-refractivity contribution in [1.29, 1.82) is 0 Å². The van der Waals surface area contributed by atoms with Crippen LogP contribution in [0, 0.1) is 23.4 Å². The van der Waals surface area contributed by atoms with Crippen LogP contribution in [-0.4, -0.2) is 17.9 Å². The number of piperidine rings is 1. The molecule has 1 aromatic rings. The van der Waals surface area contributed by atoms with E-state index in [4.69, 9.17) is 0 Å². The van der Waals surface area contributed by atoms with Gasteiger partial charge in [0.15, 0.2) is 17.4 Å². The van der Waals surface area contributed by atoms with Crippen molar-refractivity contribution in [3.63, 3.8) is 0 Å². The monoisotopic (exact) mass is 269 g/mol. The molecule has 5 heteroatoms. The number of nitrogens with one attached hydrogen (secondary N) is 1. The van der Waals surface area contributed by atoms with E-state index < -0.39 is 28.8 Å². The third-order valence-electron chi connectivity index (χ3n) is 4.10. The van der Waals surface area contributed by atoms with Gasteiger partial charge >= 0.3 is 0 Å². The summed E-state index contributed by atoms with van der Waals surface area (Å²) in [6.07, 6.45) is 3.25. The van der Waals surface area contributed by atoms with Crippen molar-refractivity contribution in [3.8, 4) is 0 Å². The molecule has 2 aliphatic heterocycles. The van der Waals surface area contributed by atoms with Crippen LogP contribution in [-0.2, 0) is 0 Å². The Balaban J connectivity index is 1.88. The molecular formula is C14H14F3NO. The third kappa shape index (κ3) is 2.27. The van der Waals surface area contributed by atoms with Crippen LogP contribution in [0.15, 0.2) is 12.1 Å². The smallest absolute Gasteiger partial charge is 0.169 e. The zero-order valence-corrected chi connectivity index (χ0v) is 10.3. The maximum Gasteiger partial charge on any atom is 0.169 e. The van der Waals surface area contributed by atoms with Crippen LogP contribution in [0.25, 0.3) is 0 Å². The molecule has 2 heterocycles. The SMILES string of the molecule is O=C(c1cc(F)cc(F)c1F)C1CC2CCC(C1)N2. The van der Waals surface area contributed by atoms with E-state index in [2.05, 4.69) is 5.32 Å². The molecule has 0 aromatic heterocycles. The maximum absolute atomic E-state index is 13.6. The lowest BCUT2D eigenvalue weighted by Gasteiger charge is -2.28. The quantitative estimate of drug-likeness (QED) is 0.660. The summed E-state index contributed by atoms with van der Waals surface area (Å²) in [5.74, 6) is -4.28. The van der Waals surface area contributed by atoms with Gasteiger partial charge in [0.25, 0.3) is 0 Å². The molecule has 2 saturated heterocycles. The Morgan fingerprint density at radius 3 is 2.37 bits per heavy atom. The molecule has 19 heavy (non-hydrogen) atoms. The van der Waals surface area contributed by atoms with Crippen LogP contribution < -0.4 is 5.32 Å². The highest BCUT2D eigenvalue weighted by Crippen LogP contribution is 2.33. The highest BCUT2D eigenvalue weighted by molar-refractivity contribution is 5.98. The van der Waals surface area contributed by atoms with Gasteiger partial charge in [-0.25, -0.2) is 13.2 Å². The summed E-state index contributed by atoms with van der Waals surface area (Å²) in [7, 11) is 0. The van der Waals surface area contributed by atoms with Crippen LogP contribution in [0.2, 0.25) is 0 Å². The second kappa shape index (κ2) is 4.63. The lowest BCUT2D eigenvalue weighted by molar-refractivity contribution is 0.0869. The Morgan fingerprint density at radius 1 is 1.11 bits per heavy atom. The first-order valence-electron chi connectivity index (χ1n) is 6.49. The number of halogens is 3. The summed E-state index contributed by atoms with van der Waals surface area (Å²) in [6, 6.07) is 1.80. The minimum Gasteiger partial charge on any atom is -0.311 e. The first-order valence-corrected chi connectivity index (χ1v) is 6.49. The average Bonchev–Trinajstić information content (AvgIpc) is 2.72. The minimum absolute atomic E-state index is 0.272. The van der Waals surface area contributed by atoms with Crippen LogP contribution in [0.3, 0.4) is 0 Å². The van der Waals surface area contributed by atoms with E-state index in [-0.39, 0.29) is 18.0 Å². The van der Waals surface area contributed by atoms with Crippen LogP contribution >= 0.6 is 0 Å². The maximum atomic E-state index is 13.6. The van der Waals surface area contributed by atoms with Crippen molar-refractivity contribution in [2.75, 3.05) is 0 Å². The van der Waals surface area contributed by atoms with Gasteiger partial charge in [0.1, 0.15) is 5.82 Å². The predicted molar refractivity (Wildman–Crippen MR) is 63.3 cm³/mol. The topological polar surface area (TPSA) is 29.1 Å². The summed E-state index contributed by atoms with van der Waals surface area (Å²) in [5.41, 5.74) is -0.455. The van der Waals surface area contributed by atoms with Crippen molar-refractivity contribution < 1.29 is 18.0 Å². The molecule has 0 radical (unpaired) electrons. The first-order chi connectivity index (χ1) is 9.04. The Bertz CT molecular complexity index is 520. The summed E-state index contributed by atoms with van der Waals surface area (Å²) in [6.45, 7) is 0. The zero-order chi connectivity index (χ0) is 13.6. The lowest BCUT2D eigenvalue weighted by Crippen LogP contribution is -2.40. The summed E-state index contributed by atoms with van der Waals surface area (Å²) >= 11 is 0. The van der Waals surface area contributed by atoms with E-state index >= 15 is 0 Å². The number of carbonyl (C=O) groups is 1. The number of Topliss-reactive ketones (excluding diaryl/α,β-unsaturated/α-hetero) is 1. The normalized spacial score (nSPS) is 29.5. The fourth-order valence-electron chi connectivity index (χ4n) is 3.23. The van der Waals surface area contributed by atoms with Crippen molar-refractivity contribution in [2.45, 2.75) is 37.8 Å². The van der Waals surface area contributed by atoms with Gasteiger partial charge in [0.05, 0.1) is 5.56 Å². The largest absolute Gasteiger partial charge is 0.311 e. The van der Waals surface area contributed by atoms with Gasteiger partial charge in [-0.15, -0.1) is 0 Å². The fraction of sp³-hybridized carbons (Fsp3) is 0.500. The van der Waals surface area contributed by atoms with Crippen molar-refractivity contribution >= 4 is 5.78 Å². The highest BCUT2D eigenvalue weighted by Gasteiger charge is 2.37. The Hall–Kier alpha value is -1.36. The molecule has 1 aromatic carbocycles. The van der Waals surface area contributed by atoms with E-state index in [0.29, 0.717) is 18.9 Å². The van der Waals surface area contributed by atoms with Crippen LogP contribution in [0.1, 0.15) is 36.0 Å². The fourth-order valence-corrected chi connectivity index (χ4v) is 3.23. The number of fused-ring (bicyclic) bond motifs is 2. The molecule has 3 rings (SSSR count). The lowest BCUT2D eigenvalue weighted by atomic mass is 9.85. The van der Waals surface area contributed by atoms with Gasteiger partial charge in [-0.2, -0.15) is 0 Å². The first kappa shape index (κ1) is 12.7. The number of rotatable bonds is 2. The number of hydrogen-bond acceptors (Lipinski definition) is 2. The van der Waals surface area contributed by atoms with Crippen LogP contribution in [0.4, 0.5) is 13.2 Å². The molecule has 1 N–H and O–H groups in total. The van der Waals surface area contributed by atoms with E-state index in [9.17, 15) is 18.0 Å². The molecule has 2 fully saturated rings. The van der Waals surface area contributed by atoms with Crippen molar-refractivity contribution in [1.82, 2.24) is 5.32 Å². The number of ketones is 1. The molecule has 0 aliphatic carbocycles. The summed E-state index contributed by atoms with van der Waals surface area (Å²) in [4.78, 5) is 12.2. The molecule has 2 unspecified atom stereocenters. The van der Waals surface area contributed by atoms with Gasteiger partial charge in [0, 0.05) is 24.1 Å². The summed E-state index contributed by atoms with van der Waals surface area (Å²) in [5, 5.41) is 3.37. The van der Waals surface area contributed by atoms with E-state index in [1.807, 2.05) is 0 Å². The summed E-state index contributed by atoms with van der Waals surface area (Å²) < 4.78 is 39.9. The molecule has 2 nitrogen and oxygen atoms in total. The zero-order valence-electron chi connectivity index (χ0n) is 10.3. The van der Waals surface area contributed by atoms with Gasteiger partial charge in [-0.1, -0.05) is 0 Å². The van der Waals surface area contributed by atoms with E-state index in [1.165, 1.54) is 0 Å². The number of hydrogen-bond donors (Lipinski definition) is 1. The van der Waals surface area contributed by atoms with Crippen molar-refractivity contribution in [3.05, 3.63) is 35.1 Å². The molecule has 0 spiro atoms. The van der Waals surface area contributed by atoms with Crippen LogP contribution in [0.5, 0.6) is 0 Å². The molecule has 102 valence electrons. The van der Waals surface area contributed by atoms with Gasteiger partial charge in [-0.05, 0) is 31.7 Å². The predicted octanol–water partition coefficient (Wildman–Crippen LogP) is 2.82. The molecule has 0 amide bonds. The Morgan fingerprint density at radius 2 is 1.74 bits per heavy atom. The Labute approximate surface area is 109 Å². The molecular weight excluding hydrogens is 255 g/mol. The second-order valence-electron chi connectivity index (χ2n) is 5.42. The minimum atomic E-state index is -1.31. The molecule has 2 aliphatic rings. The van der Waals surface area contributed by atoms with Gasteiger partial charge < -0.3 is 5.32 Å². The molecule has 0 saturated carbocycles. The highest BCUT2D eigenvalue weighted by atomic mass is 19.2. The molecule has 2 bridgehead atoms. The number of benzene rings is 1. The molecule has 2 atom stereocenters. The van der Waals surface area contributed by atoms with Gasteiger partial charge in [-0.3, -0.25) is 4.79 Å². The third-order valence-corrected chi connectivity index (χ3v) is 4.10. The second-order valence-corrected chi connectivity index (χ2v) is 5.42. The van der Waals surface area contributed by atoms with Gasteiger partial charge in [0.2, 0.25) is 0 Å². The van der Waals surface area contributed by atoms with E-state index in [0.717, 1.165) is 18.9 Å². The van der Waals surface area contributed by atoms with E-state index in [1.54, 1.807) is 0 Å². The van der Waals surface area contributed by atoms with Crippen molar-refractivity contribution in [2.24, 2.45) is 5.92 Å². The number of carbonyl (C=O) groups excluding carboxylic acids is 1. The Kier molecular flexibility index (Phi) is 3.09.